The lowest BCUT2D eigenvalue weighted by Gasteiger charge is -2.14. The van der Waals surface area contributed by atoms with Crippen molar-refractivity contribution in [1.82, 2.24) is 20.2 Å². The number of hydrogen-bond donors (Lipinski definition) is 3. The Balaban J connectivity index is 1.41. The van der Waals surface area contributed by atoms with Crippen molar-refractivity contribution in [2.75, 3.05) is 44.2 Å². The maximum atomic E-state index is 12.6. The molecule has 4 N–H and O–H groups in total. The molecule has 2 heterocycles. The Morgan fingerprint density at radius 3 is 2.17 bits per heavy atom. The predicted octanol–water partition coefficient (Wildman–Crippen LogP) is 3.44. The van der Waals surface area contributed by atoms with Gasteiger partial charge in [-0.25, -0.2) is 9.98 Å². The van der Waals surface area contributed by atoms with Crippen LogP contribution < -0.4 is 34.7 Å². The molecule has 0 aliphatic heterocycles. The molecule has 220 valence electrons. The lowest BCUT2D eigenvalue weighted by Crippen LogP contribution is -2.15. The van der Waals surface area contributed by atoms with Crippen LogP contribution in [0.1, 0.15) is 18.1 Å². The SMILES string of the molecule is COc1ccc(S(=O)(=O)Nc2ccc(N=C(C)Nc3ncc(Cc4cc(OC)c(OC)c(OC)c4)c(N)n3)cc2)nn1. The molecule has 15 heteroatoms. The summed E-state index contributed by atoms with van der Waals surface area (Å²) in [6.45, 7) is 1.74. The van der Waals surface area contributed by atoms with Crippen LogP contribution in [-0.2, 0) is 16.4 Å². The Morgan fingerprint density at radius 2 is 1.62 bits per heavy atom. The highest BCUT2D eigenvalue weighted by Gasteiger charge is 2.17. The molecule has 4 rings (SSSR count). The number of benzene rings is 2. The highest BCUT2D eigenvalue weighted by Crippen LogP contribution is 2.39. The second-order valence-corrected chi connectivity index (χ2v) is 10.3. The summed E-state index contributed by atoms with van der Waals surface area (Å²) in [7, 11) is 2.14. The average molecular weight is 595 g/mol. The van der Waals surface area contributed by atoms with Gasteiger partial charge in [0.2, 0.25) is 17.6 Å². The second kappa shape index (κ2) is 13.0. The molecule has 0 bridgehead atoms. The maximum absolute atomic E-state index is 12.6. The molecular weight excluding hydrogens is 564 g/mol. The van der Waals surface area contributed by atoms with Gasteiger partial charge >= 0.3 is 0 Å². The van der Waals surface area contributed by atoms with Crippen LogP contribution in [0.3, 0.4) is 0 Å². The average Bonchev–Trinajstić information content (AvgIpc) is 2.98. The van der Waals surface area contributed by atoms with Gasteiger partial charge in [-0.05, 0) is 55.0 Å². The standard InChI is InChI=1S/C27H30N8O6S/c1-16(30-19-6-8-20(9-7-19)35-42(36,37)24-11-10-23(40-4)33-34-24)31-27-29-15-18(26(28)32-27)12-17-13-21(38-2)25(41-5)22(14-17)39-3/h6-11,13-15,35H,12H2,1-5H3,(H3,28,29,30,31,32). The van der Waals surface area contributed by atoms with Gasteiger partial charge in [-0.1, -0.05) is 0 Å². The van der Waals surface area contributed by atoms with Gasteiger partial charge in [0.05, 0.1) is 34.1 Å². The van der Waals surface area contributed by atoms with Crippen LogP contribution in [-0.4, -0.2) is 62.9 Å². The summed E-state index contributed by atoms with van der Waals surface area (Å²) in [4.78, 5) is 13.2. The van der Waals surface area contributed by atoms with Crippen molar-refractivity contribution in [3.8, 4) is 23.1 Å². The van der Waals surface area contributed by atoms with Crippen molar-refractivity contribution in [2.45, 2.75) is 18.4 Å². The number of nitrogens with one attached hydrogen (secondary N) is 2. The topological polar surface area (TPSA) is 185 Å². The molecule has 2 aromatic heterocycles. The van der Waals surface area contributed by atoms with E-state index in [-0.39, 0.29) is 16.9 Å². The van der Waals surface area contributed by atoms with Gasteiger partial charge < -0.3 is 30.0 Å². The van der Waals surface area contributed by atoms with E-state index < -0.39 is 10.0 Å². The quantitative estimate of drug-likeness (QED) is 0.170. The maximum Gasteiger partial charge on any atom is 0.281 e. The van der Waals surface area contributed by atoms with Crippen molar-refractivity contribution in [2.24, 2.45) is 4.99 Å². The third-order valence-electron chi connectivity index (χ3n) is 5.83. The van der Waals surface area contributed by atoms with Crippen molar-refractivity contribution in [3.63, 3.8) is 0 Å². The van der Waals surface area contributed by atoms with E-state index in [1.807, 2.05) is 12.1 Å². The number of nitrogens with zero attached hydrogens (tertiary/aromatic N) is 5. The highest BCUT2D eigenvalue weighted by atomic mass is 32.2. The Bertz CT molecular complexity index is 1660. The first-order chi connectivity index (χ1) is 20.1. The molecule has 0 aliphatic carbocycles. The first-order valence-electron chi connectivity index (χ1n) is 12.4. The van der Waals surface area contributed by atoms with E-state index in [1.54, 1.807) is 58.7 Å². The molecule has 0 saturated heterocycles. The van der Waals surface area contributed by atoms with E-state index in [4.69, 9.17) is 24.7 Å². The first-order valence-corrected chi connectivity index (χ1v) is 13.9. The van der Waals surface area contributed by atoms with Crippen LogP contribution in [0.2, 0.25) is 0 Å². The Kier molecular flexibility index (Phi) is 9.22. The van der Waals surface area contributed by atoms with Gasteiger partial charge in [0.15, 0.2) is 16.5 Å². The van der Waals surface area contributed by atoms with Gasteiger partial charge in [0.25, 0.3) is 10.0 Å². The van der Waals surface area contributed by atoms with Gasteiger partial charge in [0.1, 0.15) is 11.7 Å². The monoisotopic (exact) mass is 594 g/mol. The van der Waals surface area contributed by atoms with Gasteiger partial charge in [-0.15, -0.1) is 10.2 Å². The number of amidine groups is 1. The summed E-state index contributed by atoms with van der Waals surface area (Å²) in [5.74, 6) is 2.84. The first kappa shape index (κ1) is 29.8. The molecule has 2 aromatic carbocycles. The molecule has 14 nitrogen and oxygen atoms in total. The van der Waals surface area contributed by atoms with E-state index >= 15 is 0 Å². The normalized spacial score (nSPS) is 11.5. The molecule has 0 spiro atoms. The molecule has 0 radical (unpaired) electrons. The number of aliphatic imine (C=N–C) groups is 1. The lowest BCUT2D eigenvalue weighted by molar-refractivity contribution is 0.324. The largest absolute Gasteiger partial charge is 0.493 e. The van der Waals surface area contributed by atoms with Crippen LogP contribution in [0, 0.1) is 0 Å². The van der Waals surface area contributed by atoms with Crippen LogP contribution in [0.15, 0.2) is 64.7 Å². The van der Waals surface area contributed by atoms with Crippen molar-refractivity contribution < 1.29 is 27.4 Å². The number of nitrogens with two attached hydrogens (primary N) is 1. The van der Waals surface area contributed by atoms with Crippen molar-refractivity contribution >= 4 is 39.0 Å². The van der Waals surface area contributed by atoms with Crippen LogP contribution >= 0.6 is 0 Å². The molecule has 0 aliphatic rings. The zero-order valence-electron chi connectivity index (χ0n) is 23.6. The van der Waals surface area contributed by atoms with Gasteiger partial charge in [0, 0.05) is 29.9 Å². The zero-order chi connectivity index (χ0) is 30.3. The van der Waals surface area contributed by atoms with E-state index in [0.717, 1.165) is 5.56 Å². The summed E-state index contributed by atoms with van der Waals surface area (Å²) < 4.78 is 48.7. The molecule has 0 amide bonds. The smallest absolute Gasteiger partial charge is 0.281 e. The predicted molar refractivity (Wildman–Crippen MR) is 158 cm³/mol. The minimum atomic E-state index is -3.93. The van der Waals surface area contributed by atoms with E-state index in [2.05, 4.69) is 35.2 Å². The number of anilines is 3. The fourth-order valence-electron chi connectivity index (χ4n) is 3.83. The minimum absolute atomic E-state index is 0.208. The number of nitrogen functional groups attached to an aromatic ring is 1. The van der Waals surface area contributed by atoms with Crippen LogP contribution in [0.5, 0.6) is 23.1 Å². The summed E-state index contributed by atoms with van der Waals surface area (Å²) in [6, 6.07) is 12.9. The number of aromatic nitrogens is 4. The third kappa shape index (κ3) is 7.11. The van der Waals surface area contributed by atoms with E-state index in [1.165, 1.54) is 19.2 Å². The molecule has 0 atom stereocenters. The van der Waals surface area contributed by atoms with Crippen molar-refractivity contribution in [1.29, 1.82) is 0 Å². The fraction of sp³-hybridized carbons (Fsp3) is 0.222. The number of sulfonamides is 1. The van der Waals surface area contributed by atoms with Crippen LogP contribution in [0.4, 0.5) is 23.1 Å². The summed E-state index contributed by atoms with van der Waals surface area (Å²) >= 11 is 0. The highest BCUT2D eigenvalue weighted by molar-refractivity contribution is 7.92. The minimum Gasteiger partial charge on any atom is -0.493 e. The van der Waals surface area contributed by atoms with E-state index in [9.17, 15) is 8.42 Å². The second-order valence-electron chi connectivity index (χ2n) is 8.70. The molecular formula is C27H30N8O6S. The van der Waals surface area contributed by atoms with Crippen molar-refractivity contribution in [3.05, 3.63) is 65.9 Å². The molecule has 0 unspecified atom stereocenters. The number of hydrogen-bond acceptors (Lipinski definition) is 12. The molecule has 4 aromatic rings. The summed E-state index contributed by atoms with van der Waals surface area (Å²) in [6.07, 6.45) is 2.08. The molecule has 0 saturated carbocycles. The Morgan fingerprint density at radius 1 is 0.929 bits per heavy atom. The van der Waals surface area contributed by atoms with Crippen LogP contribution in [0.25, 0.3) is 0 Å². The molecule has 0 fully saturated rings. The van der Waals surface area contributed by atoms with Gasteiger partial charge in [-0.3, -0.25) is 4.72 Å². The molecule has 42 heavy (non-hydrogen) atoms. The summed E-state index contributed by atoms with van der Waals surface area (Å²) in [5.41, 5.74) is 8.71. The number of rotatable bonds is 11. The summed E-state index contributed by atoms with van der Waals surface area (Å²) in [5, 5.41) is 10.1. The third-order valence-corrected chi connectivity index (χ3v) is 7.10. The van der Waals surface area contributed by atoms with Gasteiger partial charge in [-0.2, -0.15) is 13.4 Å². The Labute approximate surface area is 243 Å². The number of ether oxygens (including phenoxy) is 4. The Hall–Kier alpha value is -5.18. The fourth-order valence-corrected chi connectivity index (χ4v) is 4.78. The lowest BCUT2D eigenvalue weighted by atomic mass is 10.1. The zero-order valence-corrected chi connectivity index (χ0v) is 24.4. The number of methoxy groups -OCH3 is 4. The van der Waals surface area contributed by atoms with E-state index in [0.29, 0.717) is 52.3 Å².